The largest absolute Gasteiger partial charge is 0.467 e. The molecule has 1 aliphatic heterocycles. The lowest BCUT2D eigenvalue weighted by Gasteiger charge is -2.40. The van der Waals surface area contributed by atoms with E-state index in [1.165, 1.54) is 38.2 Å². The summed E-state index contributed by atoms with van der Waals surface area (Å²) in [4.78, 5) is 139. The standard InChI is InChI=1S/C61H96N10O14/c1-15-38(8)52(47(82-12)32-43(72)33-48(73)71-30-20-24-46(71)53(83-13)39(9)54(74)67-45(59(79)84-14)31-40-21-17-16-18-22-40)69(10)58(78)50(36(4)5)68-57(77)51(37(6)7)70(11)61(81)85-34-41-25-27-42(28-26-41)65-55(75)44(23-19-29-64-60(63)80)66-56(76)49(62)35(2)3/h16-18,21-22,25-28,35-39,44-47,49-53H,15,19-20,23-24,29-34,62H2,1-14H3,(H,65,75)(H,66,76)(H,67,74)(H,68,77)(H3,63,64,80)/t38?,39-,44?,45?,46+,47-,49+,50+,51+,52+,53-/m1/s1. The maximum Gasteiger partial charge on any atom is 0.410 e. The molecule has 1 fully saturated rings. The van der Waals surface area contributed by atoms with Crippen molar-refractivity contribution in [1.29, 1.82) is 0 Å². The number of esters is 1. The molecule has 474 valence electrons. The second-order valence-electron chi connectivity index (χ2n) is 23.1. The van der Waals surface area contributed by atoms with Crippen molar-refractivity contribution in [2.24, 2.45) is 41.1 Å². The van der Waals surface area contributed by atoms with Crippen LogP contribution in [-0.2, 0) is 70.3 Å². The Morgan fingerprint density at radius 3 is 1.92 bits per heavy atom. The summed E-state index contributed by atoms with van der Waals surface area (Å²) in [5.41, 5.74) is 12.9. The van der Waals surface area contributed by atoms with Crippen LogP contribution in [0.2, 0.25) is 0 Å². The van der Waals surface area contributed by atoms with Crippen molar-refractivity contribution in [3.8, 4) is 0 Å². The topological polar surface area (TPSA) is 330 Å². The van der Waals surface area contributed by atoms with Crippen LogP contribution < -0.4 is 38.1 Å². The van der Waals surface area contributed by atoms with Crippen LogP contribution in [0.4, 0.5) is 15.3 Å². The monoisotopic (exact) mass is 1190 g/mol. The van der Waals surface area contributed by atoms with Crippen molar-refractivity contribution in [1.82, 2.24) is 36.0 Å². The van der Waals surface area contributed by atoms with Gasteiger partial charge in [0.05, 0.1) is 49.8 Å². The van der Waals surface area contributed by atoms with E-state index in [4.69, 9.17) is 30.4 Å². The summed E-state index contributed by atoms with van der Waals surface area (Å²) >= 11 is 0. The number of nitrogens with two attached hydrogens (primary N) is 2. The lowest BCUT2D eigenvalue weighted by molar-refractivity contribution is -0.147. The highest BCUT2D eigenvalue weighted by Gasteiger charge is 2.43. The number of carbonyl (C=O) groups is 10. The summed E-state index contributed by atoms with van der Waals surface area (Å²) in [5.74, 6) is -6.09. The highest BCUT2D eigenvalue weighted by molar-refractivity contribution is 5.99. The Labute approximate surface area is 501 Å². The second kappa shape index (κ2) is 35.3. The number of ether oxygens (including phenoxy) is 4. The van der Waals surface area contributed by atoms with Gasteiger partial charge in [0.2, 0.25) is 35.4 Å². The Kier molecular flexibility index (Phi) is 30.0. The quantitative estimate of drug-likeness (QED) is 0.0295. The van der Waals surface area contributed by atoms with E-state index < -0.39 is 138 Å². The maximum atomic E-state index is 14.7. The molecule has 24 heteroatoms. The Hall–Kier alpha value is -7.18. The molecule has 0 spiro atoms. The van der Waals surface area contributed by atoms with Gasteiger partial charge in [0.1, 0.15) is 36.6 Å². The summed E-state index contributed by atoms with van der Waals surface area (Å²) in [6.45, 7) is 16.5. The fraction of sp³-hybridized carbons (Fsp3) is 0.639. The lowest BCUT2D eigenvalue weighted by Crippen LogP contribution is -2.60. The number of methoxy groups -OCH3 is 3. The SMILES string of the molecule is CCC(C)[C@@H]([C@@H](CC(=O)CC(=O)N1CCC[C@H]1[C@H](OC)[C@@H](C)C(=O)NC(Cc1ccccc1)C(=O)OC)OC)N(C)C(=O)[C@@H](NC(=O)[C@H](C(C)C)N(C)C(=O)OCc1ccc(NC(=O)C(CCCNC(N)=O)NC(=O)[C@@H](N)C(C)C)cc1)C(C)C. The number of hydrogen-bond donors (Lipinski definition) is 7. The van der Waals surface area contributed by atoms with Crippen LogP contribution in [0.15, 0.2) is 54.6 Å². The molecule has 85 heavy (non-hydrogen) atoms. The minimum Gasteiger partial charge on any atom is -0.467 e. The van der Waals surface area contributed by atoms with Crippen LogP contribution in [0.5, 0.6) is 0 Å². The van der Waals surface area contributed by atoms with Crippen molar-refractivity contribution >= 4 is 65.0 Å². The molecule has 2 aromatic carbocycles. The van der Waals surface area contributed by atoms with Crippen molar-refractivity contribution < 1.29 is 66.9 Å². The molecule has 1 heterocycles. The van der Waals surface area contributed by atoms with Gasteiger partial charge in [-0.15, -0.1) is 0 Å². The van der Waals surface area contributed by atoms with E-state index in [1.807, 2.05) is 44.2 Å². The van der Waals surface area contributed by atoms with Gasteiger partial charge < -0.3 is 66.8 Å². The van der Waals surface area contributed by atoms with Crippen LogP contribution in [0.3, 0.4) is 0 Å². The molecule has 9 amide bonds. The fourth-order valence-corrected chi connectivity index (χ4v) is 10.6. The minimum atomic E-state index is -1.08. The molecule has 0 bridgehead atoms. The normalized spacial score (nSPS) is 16.7. The molecule has 3 rings (SSSR count). The molecular formula is C61H96N10O14. The van der Waals surface area contributed by atoms with Gasteiger partial charge >= 0.3 is 18.1 Å². The Morgan fingerprint density at radius 1 is 0.729 bits per heavy atom. The molecule has 1 saturated heterocycles. The number of ketones is 1. The van der Waals surface area contributed by atoms with Crippen molar-refractivity contribution in [3.63, 3.8) is 0 Å². The van der Waals surface area contributed by atoms with E-state index in [-0.39, 0.29) is 44.2 Å². The predicted octanol–water partition coefficient (Wildman–Crippen LogP) is 4.06. The van der Waals surface area contributed by atoms with Crippen molar-refractivity contribution in [2.75, 3.05) is 53.8 Å². The predicted molar refractivity (Wildman–Crippen MR) is 320 cm³/mol. The number of amides is 9. The summed E-state index contributed by atoms with van der Waals surface area (Å²) in [6, 6.07) is 8.78. The third-order valence-electron chi connectivity index (χ3n) is 15.8. The van der Waals surface area contributed by atoms with E-state index >= 15 is 0 Å². The molecule has 2 aromatic rings. The Morgan fingerprint density at radius 2 is 1.36 bits per heavy atom. The maximum absolute atomic E-state index is 14.7. The molecule has 3 unspecified atom stereocenters. The number of primary amides is 1. The van der Waals surface area contributed by atoms with Gasteiger partial charge in [0.15, 0.2) is 0 Å². The number of hydrogen-bond acceptors (Lipinski definition) is 15. The third-order valence-corrected chi connectivity index (χ3v) is 15.8. The van der Waals surface area contributed by atoms with Gasteiger partial charge in [0, 0.05) is 59.9 Å². The number of nitrogens with zero attached hydrogens (tertiary/aromatic N) is 3. The number of rotatable bonds is 34. The number of anilines is 1. The van der Waals surface area contributed by atoms with Crippen LogP contribution >= 0.6 is 0 Å². The van der Waals surface area contributed by atoms with E-state index in [0.717, 1.165) is 5.56 Å². The molecule has 1 aliphatic rings. The van der Waals surface area contributed by atoms with Gasteiger partial charge in [-0.2, -0.15) is 0 Å². The summed E-state index contributed by atoms with van der Waals surface area (Å²) in [7, 11) is 7.16. The van der Waals surface area contributed by atoms with Gasteiger partial charge in [-0.3, -0.25) is 38.5 Å². The zero-order valence-corrected chi connectivity index (χ0v) is 52.3. The third kappa shape index (κ3) is 21.7. The molecule has 9 N–H and O–H groups in total. The summed E-state index contributed by atoms with van der Waals surface area (Å²) < 4.78 is 22.5. The molecule has 0 aromatic heterocycles. The van der Waals surface area contributed by atoms with E-state index in [9.17, 15) is 47.9 Å². The zero-order chi connectivity index (χ0) is 63.8. The van der Waals surface area contributed by atoms with Gasteiger partial charge in [0.25, 0.3) is 0 Å². The molecule has 0 saturated carbocycles. The van der Waals surface area contributed by atoms with Crippen LogP contribution in [0, 0.1) is 29.6 Å². The summed E-state index contributed by atoms with van der Waals surface area (Å²) in [5, 5.41) is 13.6. The van der Waals surface area contributed by atoms with Crippen LogP contribution in [0.25, 0.3) is 0 Å². The van der Waals surface area contributed by atoms with Crippen molar-refractivity contribution in [2.45, 2.75) is 175 Å². The number of carbonyl (C=O) groups excluding carboxylic acids is 10. The summed E-state index contributed by atoms with van der Waals surface area (Å²) in [6.07, 6.45) is -0.693. The van der Waals surface area contributed by atoms with E-state index in [2.05, 4.69) is 26.6 Å². The minimum absolute atomic E-state index is 0.180. The number of nitrogens with one attached hydrogen (secondary N) is 5. The number of likely N-dealkylation sites (N-methyl/N-ethyl adjacent to an activating group) is 2. The first-order valence-corrected chi connectivity index (χ1v) is 29.4. The van der Waals surface area contributed by atoms with Gasteiger partial charge in [-0.05, 0) is 72.6 Å². The van der Waals surface area contributed by atoms with E-state index in [0.29, 0.717) is 43.5 Å². The average Bonchev–Trinajstić information content (AvgIpc) is 3.89. The molecule has 24 nitrogen and oxygen atoms in total. The first-order chi connectivity index (χ1) is 40.1. The van der Waals surface area contributed by atoms with E-state index in [1.54, 1.807) is 84.7 Å². The first kappa shape index (κ1) is 72.1. The lowest BCUT2D eigenvalue weighted by atomic mass is 9.88. The molecule has 11 atom stereocenters. The number of benzene rings is 2. The number of urea groups is 1. The highest BCUT2D eigenvalue weighted by Crippen LogP contribution is 2.29. The van der Waals surface area contributed by atoms with Crippen molar-refractivity contribution in [3.05, 3.63) is 65.7 Å². The Balaban J connectivity index is 1.69. The number of Topliss-reactive ketones (excluding diaryl/α,β-unsaturated/α-hetero) is 1. The molecular weight excluding hydrogens is 1100 g/mol. The molecule has 0 radical (unpaired) electrons. The fourth-order valence-electron chi connectivity index (χ4n) is 10.6. The van der Waals surface area contributed by atoms with Gasteiger partial charge in [-0.1, -0.05) is 111 Å². The second-order valence-corrected chi connectivity index (χ2v) is 23.1. The average molecular weight is 1190 g/mol. The number of likely N-dealkylation sites (tertiary alicyclic amines) is 1. The first-order valence-electron chi connectivity index (χ1n) is 29.4. The smallest absolute Gasteiger partial charge is 0.410 e. The molecule has 0 aliphatic carbocycles. The highest BCUT2D eigenvalue weighted by atomic mass is 16.6. The zero-order valence-electron chi connectivity index (χ0n) is 52.3. The van der Waals surface area contributed by atoms with Gasteiger partial charge in [-0.25, -0.2) is 14.4 Å². The Bertz CT molecular complexity index is 2530. The van der Waals surface area contributed by atoms with Crippen LogP contribution in [0.1, 0.15) is 118 Å². The van der Waals surface area contributed by atoms with Crippen LogP contribution in [-0.4, -0.2) is 177 Å².